The Morgan fingerprint density at radius 1 is 0.793 bits per heavy atom. The van der Waals surface area contributed by atoms with Crippen LogP contribution in [0.15, 0.2) is 58.1 Å². The van der Waals surface area contributed by atoms with E-state index in [2.05, 4.69) is 29.5 Å². The molecular weight excluding hydrogens is 360 g/mol. The highest BCUT2D eigenvalue weighted by molar-refractivity contribution is 6.04. The Morgan fingerprint density at radius 2 is 1.45 bits per heavy atom. The van der Waals surface area contributed by atoms with Crippen molar-refractivity contribution in [2.45, 2.75) is 26.7 Å². The first-order chi connectivity index (χ1) is 14.0. The first kappa shape index (κ1) is 17.7. The van der Waals surface area contributed by atoms with E-state index in [1.54, 1.807) is 0 Å². The zero-order valence-corrected chi connectivity index (χ0v) is 16.8. The third-order valence-corrected chi connectivity index (χ3v) is 6.10. The second-order valence-electron chi connectivity index (χ2n) is 7.62. The molecule has 144 valence electrons. The quantitative estimate of drug-likeness (QED) is 0.446. The zero-order valence-electron chi connectivity index (χ0n) is 16.8. The summed E-state index contributed by atoms with van der Waals surface area (Å²) >= 11 is 0. The van der Waals surface area contributed by atoms with Gasteiger partial charge in [-0.3, -0.25) is 9.59 Å². The Balaban J connectivity index is 2.03. The van der Waals surface area contributed by atoms with Crippen LogP contribution in [0.2, 0.25) is 0 Å². The molecule has 1 N–H and O–H groups in total. The maximum absolute atomic E-state index is 13.3. The minimum Gasteiger partial charge on any atom is -0.354 e. The lowest BCUT2D eigenvalue weighted by atomic mass is 10.0. The monoisotopic (exact) mass is 382 g/mol. The first-order valence-corrected chi connectivity index (χ1v) is 10.1. The van der Waals surface area contributed by atoms with E-state index in [-0.39, 0.29) is 10.9 Å². The van der Waals surface area contributed by atoms with E-state index in [1.165, 1.54) is 0 Å². The van der Waals surface area contributed by atoms with Crippen molar-refractivity contribution in [2.75, 3.05) is 0 Å². The van der Waals surface area contributed by atoms with Gasteiger partial charge in [-0.2, -0.15) is 0 Å². The molecule has 29 heavy (non-hydrogen) atoms. The maximum atomic E-state index is 13.3. The smallest absolute Gasteiger partial charge is 0.197 e. The highest BCUT2D eigenvalue weighted by Gasteiger charge is 2.15. The van der Waals surface area contributed by atoms with Crippen molar-refractivity contribution in [3.05, 3.63) is 80.1 Å². The van der Waals surface area contributed by atoms with Crippen molar-refractivity contribution in [3.8, 4) is 0 Å². The number of nitrogens with one attached hydrogen (secondary N) is 1. The van der Waals surface area contributed by atoms with Gasteiger partial charge in [-0.05, 0) is 48.2 Å². The number of para-hydroxylation sites is 2. The van der Waals surface area contributed by atoms with Crippen molar-refractivity contribution >= 4 is 43.6 Å². The number of benzene rings is 3. The molecule has 0 aliphatic heterocycles. The Bertz CT molecular complexity index is 1570. The van der Waals surface area contributed by atoms with E-state index < -0.39 is 0 Å². The SMILES string of the molecule is CCc1cccc2c(=O)c3cc4c(cc3[nH]c12)c(=O)c1cccc(CC)c1n4C. The van der Waals surface area contributed by atoms with E-state index in [4.69, 9.17) is 0 Å². The number of aromatic nitrogens is 2. The summed E-state index contributed by atoms with van der Waals surface area (Å²) in [6, 6.07) is 15.4. The standard InChI is InChI=1S/C25H22N2O2/c1-4-14-8-6-10-16-22(14)26-20-12-19-21(13-18(20)24(16)28)27(3)23-15(5-2)9-7-11-17(23)25(19)29/h6-13H,4-5H2,1-3H3,(H,26,28). The molecule has 0 fully saturated rings. The van der Waals surface area contributed by atoms with Crippen LogP contribution in [0.5, 0.6) is 0 Å². The summed E-state index contributed by atoms with van der Waals surface area (Å²) < 4.78 is 2.05. The van der Waals surface area contributed by atoms with Gasteiger partial charge in [0.15, 0.2) is 10.9 Å². The van der Waals surface area contributed by atoms with Gasteiger partial charge in [-0.15, -0.1) is 0 Å². The van der Waals surface area contributed by atoms with Gasteiger partial charge < -0.3 is 9.55 Å². The summed E-state index contributed by atoms with van der Waals surface area (Å²) in [6.07, 6.45) is 1.67. The molecule has 0 aliphatic carbocycles. The van der Waals surface area contributed by atoms with Gasteiger partial charge in [0.05, 0.1) is 22.1 Å². The summed E-state index contributed by atoms with van der Waals surface area (Å²) in [5.41, 5.74) is 5.53. The van der Waals surface area contributed by atoms with Crippen LogP contribution in [-0.2, 0) is 19.9 Å². The molecule has 0 atom stereocenters. The fraction of sp³-hybridized carbons (Fsp3) is 0.200. The van der Waals surface area contributed by atoms with Gasteiger partial charge in [0, 0.05) is 28.6 Å². The Labute approximate surface area is 167 Å². The van der Waals surface area contributed by atoms with Crippen molar-refractivity contribution in [2.24, 2.45) is 7.05 Å². The molecule has 0 bridgehead atoms. The molecule has 4 heteroatoms. The molecular formula is C25H22N2O2. The third-order valence-electron chi connectivity index (χ3n) is 6.10. The second kappa shape index (κ2) is 6.31. The predicted molar refractivity (Wildman–Crippen MR) is 121 cm³/mol. The number of pyridine rings is 2. The molecule has 4 nitrogen and oxygen atoms in total. The van der Waals surface area contributed by atoms with Crippen LogP contribution >= 0.6 is 0 Å². The fourth-order valence-corrected chi connectivity index (χ4v) is 4.57. The fourth-order valence-electron chi connectivity index (χ4n) is 4.57. The number of H-pyrrole nitrogens is 1. The van der Waals surface area contributed by atoms with Gasteiger partial charge in [0.1, 0.15) is 0 Å². The average Bonchev–Trinajstić information content (AvgIpc) is 2.76. The normalized spacial score (nSPS) is 11.8. The van der Waals surface area contributed by atoms with Crippen molar-refractivity contribution in [3.63, 3.8) is 0 Å². The zero-order chi connectivity index (χ0) is 20.3. The minimum absolute atomic E-state index is 0.00210. The lowest BCUT2D eigenvalue weighted by Gasteiger charge is -2.15. The molecule has 0 saturated heterocycles. The van der Waals surface area contributed by atoms with Crippen LogP contribution in [-0.4, -0.2) is 9.55 Å². The minimum atomic E-state index is 0.00210. The highest BCUT2D eigenvalue weighted by atomic mass is 16.1. The molecule has 0 spiro atoms. The molecule has 2 aromatic heterocycles. The number of rotatable bonds is 2. The Hall–Kier alpha value is -3.40. The van der Waals surface area contributed by atoms with E-state index in [0.29, 0.717) is 21.7 Å². The van der Waals surface area contributed by atoms with Crippen LogP contribution in [0.4, 0.5) is 0 Å². The molecule has 0 saturated carbocycles. The van der Waals surface area contributed by atoms with Gasteiger partial charge >= 0.3 is 0 Å². The second-order valence-corrected chi connectivity index (χ2v) is 7.62. The first-order valence-electron chi connectivity index (χ1n) is 10.1. The van der Waals surface area contributed by atoms with Crippen LogP contribution in [0, 0.1) is 0 Å². The van der Waals surface area contributed by atoms with Crippen molar-refractivity contribution in [1.29, 1.82) is 0 Å². The van der Waals surface area contributed by atoms with Gasteiger partial charge in [-0.1, -0.05) is 38.1 Å². The van der Waals surface area contributed by atoms with E-state index in [1.807, 2.05) is 49.5 Å². The summed E-state index contributed by atoms with van der Waals surface area (Å²) in [7, 11) is 1.97. The Kier molecular flexibility index (Phi) is 3.85. The van der Waals surface area contributed by atoms with Crippen LogP contribution in [0.25, 0.3) is 43.6 Å². The Morgan fingerprint density at radius 3 is 2.17 bits per heavy atom. The molecule has 5 rings (SSSR count). The third kappa shape index (κ3) is 2.38. The highest BCUT2D eigenvalue weighted by Crippen LogP contribution is 2.26. The van der Waals surface area contributed by atoms with Gasteiger partial charge in [-0.25, -0.2) is 0 Å². The predicted octanol–water partition coefficient (Wildman–Crippen LogP) is 4.81. The lowest BCUT2D eigenvalue weighted by molar-refractivity contribution is 0.984. The van der Waals surface area contributed by atoms with E-state index >= 15 is 0 Å². The van der Waals surface area contributed by atoms with Gasteiger partial charge in [0.2, 0.25) is 0 Å². The van der Waals surface area contributed by atoms with Crippen molar-refractivity contribution < 1.29 is 0 Å². The lowest BCUT2D eigenvalue weighted by Crippen LogP contribution is -2.12. The molecule has 0 unspecified atom stereocenters. The summed E-state index contributed by atoms with van der Waals surface area (Å²) in [4.78, 5) is 30.0. The van der Waals surface area contributed by atoms with Crippen LogP contribution in [0.1, 0.15) is 25.0 Å². The van der Waals surface area contributed by atoms with E-state index in [0.717, 1.165) is 45.9 Å². The number of hydrogen-bond acceptors (Lipinski definition) is 2. The van der Waals surface area contributed by atoms with Crippen LogP contribution in [0.3, 0.4) is 0 Å². The average molecular weight is 382 g/mol. The summed E-state index contributed by atoms with van der Waals surface area (Å²) in [6.45, 7) is 4.16. The number of nitrogens with zero attached hydrogens (tertiary/aromatic N) is 1. The van der Waals surface area contributed by atoms with Gasteiger partial charge in [0.25, 0.3) is 0 Å². The number of fused-ring (bicyclic) bond motifs is 4. The summed E-state index contributed by atoms with van der Waals surface area (Å²) in [5, 5.41) is 2.65. The van der Waals surface area contributed by atoms with Crippen molar-refractivity contribution in [1.82, 2.24) is 9.55 Å². The number of aromatic amines is 1. The maximum Gasteiger partial charge on any atom is 0.197 e. The molecule has 0 amide bonds. The largest absolute Gasteiger partial charge is 0.354 e. The number of aryl methyl sites for hydroxylation is 3. The van der Waals surface area contributed by atoms with Crippen LogP contribution < -0.4 is 10.9 Å². The molecule has 2 heterocycles. The number of hydrogen-bond donors (Lipinski definition) is 1. The summed E-state index contributed by atoms with van der Waals surface area (Å²) in [5.74, 6) is 0. The molecule has 0 aliphatic rings. The van der Waals surface area contributed by atoms with E-state index in [9.17, 15) is 9.59 Å². The molecule has 3 aromatic carbocycles. The molecule has 5 aromatic rings. The molecule has 0 radical (unpaired) electrons. The topological polar surface area (TPSA) is 54.9 Å².